The first kappa shape index (κ1) is 23.6. The molecule has 0 bridgehead atoms. The SMILES string of the molecule is CCOC(=O)c1cn2c(cc1=O)-c1cc(Cl)c(OCCCOC)cc1[C@H]1CCCC(C)(C)N12. The van der Waals surface area contributed by atoms with Gasteiger partial charge in [0.15, 0.2) is 5.43 Å². The number of benzene rings is 1. The number of pyridine rings is 1. The highest BCUT2D eigenvalue weighted by molar-refractivity contribution is 6.32. The van der Waals surface area contributed by atoms with Crippen molar-refractivity contribution >= 4 is 17.6 Å². The second-order valence-corrected chi connectivity index (χ2v) is 9.54. The van der Waals surface area contributed by atoms with Crippen LogP contribution in [0, 0.1) is 0 Å². The monoisotopic (exact) mass is 474 g/mol. The molecule has 33 heavy (non-hydrogen) atoms. The summed E-state index contributed by atoms with van der Waals surface area (Å²) in [7, 11) is 1.66. The van der Waals surface area contributed by atoms with E-state index in [0.29, 0.717) is 29.7 Å². The minimum absolute atomic E-state index is 0.0355. The third-order valence-corrected chi connectivity index (χ3v) is 6.73. The minimum Gasteiger partial charge on any atom is -0.492 e. The molecule has 1 aromatic heterocycles. The molecule has 1 fully saturated rings. The van der Waals surface area contributed by atoms with E-state index < -0.39 is 5.97 Å². The van der Waals surface area contributed by atoms with Crippen LogP contribution in [-0.2, 0) is 9.47 Å². The summed E-state index contributed by atoms with van der Waals surface area (Å²) in [5, 5.41) is 2.77. The van der Waals surface area contributed by atoms with Gasteiger partial charge >= 0.3 is 5.97 Å². The van der Waals surface area contributed by atoms with Gasteiger partial charge < -0.3 is 14.2 Å². The molecule has 1 atom stereocenters. The van der Waals surface area contributed by atoms with Crippen LogP contribution < -0.4 is 15.2 Å². The summed E-state index contributed by atoms with van der Waals surface area (Å²) < 4.78 is 18.2. The molecule has 3 heterocycles. The normalized spacial score (nSPS) is 18.2. The van der Waals surface area contributed by atoms with Crippen molar-refractivity contribution in [3.63, 3.8) is 0 Å². The maximum Gasteiger partial charge on any atom is 0.343 e. The van der Waals surface area contributed by atoms with Crippen LogP contribution in [0.3, 0.4) is 0 Å². The van der Waals surface area contributed by atoms with Crippen molar-refractivity contribution in [1.29, 1.82) is 0 Å². The van der Waals surface area contributed by atoms with Crippen LogP contribution in [0.2, 0.25) is 5.02 Å². The number of carbonyl (C=O) groups excluding carboxylic acids is 1. The van der Waals surface area contributed by atoms with E-state index in [1.54, 1.807) is 20.2 Å². The second-order valence-electron chi connectivity index (χ2n) is 9.13. The molecular weight excluding hydrogens is 444 g/mol. The van der Waals surface area contributed by atoms with Crippen molar-refractivity contribution in [2.24, 2.45) is 0 Å². The number of halogens is 1. The van der Waals surface area contributed by atoms with Crippen molar-refractivity contribution in [2.75, 3.05) is 31.9 Å². The summed E-state index contributed by atoms with van der Waals surface area (Å²) in [4.78, 5) is 25.4. The fourth-order valence-electron chi connectivity index (χ4n) is 4.94. The third-order valence-electron chi connectivity index (χ3n) is 6.43. The number of hydrogen-bond donors (Lipinski definition) is 0. The van der Waals surface area contributed by atoms with Crippen LogP contribution in [-0.4, -0.2) is 43.1 Å². The fraction of sp³-hybridized carbons (Fsp3) is 0.520. The molecule has 0 spiro atoms. The van der Waals surface area contributed by atoms with Crippen molar-refractivity contribution < 1.29 is 19.0 Å². The summed E-state index contributed by atoms with van der Waals surface area (Å²) in [5.41, 5.74) is 2.16. The van der Waals surface area contributed by atoms with Crippen LogP contribution in [0.5, 0.6) is 5.75 Å². The first-order valence-electron chi connectivity index (χ1n) is 11.5. The van der Waals surface area contributed by atoms with E-state index in [4.69, 9.17) is 25.8 Å². The zero-order valence-corrected chi connectivity index (χ0v) is 20.4. The Morgan fingerprint density at radius 2 is 2.03 bits per heavy atom. The van der Waals surface area contributed by atoms with E-state index in [2.05, 4.69) is 18.9 Å². The average Bonchev–Trinajstić information content (AvgIpc) is 2.76. The van der Waals surface area contributed by atoms with Crippen LogP contribution in [0.25, 0.3) is 11.3 Å². The van der Waals surface area contributed by atoms with Crippen molar-refractivity contribution in [3.8, 4) is 17.0 Å². The number of methoxy groups -OCH3 is 1. The van der Waals surface area contributed by atoms with E-state index in [0.717, 1.165) is 36.8 Å². The Morgan fingerprint density at radius 1 is 1.24 bits per heavy atom. The molecule has 1 aromatic carbocycles. The number of fused-ring (bicyclic) bond motifs is 6. The number of esters is 1. The van der Waals surface area contributed by atoms with Gasteiger partial charge in [0.2, 0.25) is 0 Å². The predicted octanol–water partition coefficient (Wildman–Crippen LogP) is 4.72. The maximum absolute atomic E-state index is 12.9. The van der Waals surface area contributed by atoms with Crippen molar-refractivity contribution in [1.82, 2.24) is 4.68 Å². The molecule has 178 valence electrons. The minimum atomic E-state index is -0.604. The molecule has 2 aliphatic heterocycles. The molecule has 0 N–H and O–H groups in total. The topological polar surface area (TPSA) is 70.0 Å². The molecule has 2 aliphatic rings. The lowest BCUT2D eigenvalue weighted by atomic mass is 9.82. The Labute approximate surface area is 199 Å². The number of rotatable bonds is 7. The first-order chi connectivity index (χ1) is 15.8. The smallest absolute Gasteiger partial charge is 0.343 e. The molecule has 0 radical (unpaired) electrons. The highest BCUT2D eigenvalue weighted by Gasteiger charge is 2.42. The molecule has 8 heteroatoms. The van der Waals surface area contributed by atoms with Gasteiger partial charge in [-0.2, -0.15) is 0 Å². The van der Waals surface area contributed by atoms with Gasteiger partial charge in [0.1, 0.15) is 11.3 Å². The second kappa shape index (κ2) is 9.39. The van der Waals surface area contributed by atoms with Crippen molar-refractivity contribution in [2.45, 2.75) is 58.0 Å². The van der Waals surface area contributed by atoms with Crippen LogP contribution in [0.1, 0.15) is 68.4 Å². The summed E-state index contributed by atoms with van der Waals surface area (Å²) >= 11 is 6.60. The molecule has 2 aromatic rings. The van der Waals surface area contributed by atoms with Gasteiger partial charge in [0.25, 0.3) is 0 Å². The highest BCUT2D eigenvalue weighted by atomic mass is 35.5. The van der Waals surface area contributed by atoms with E-state index >= 15 is 0 Å². The summed E-state index contributed by atoms with van der Waals surface area (Å²) in [5.74, 6) is 0.0293. The fourth-order valence-corrected chi connectivity index (χ4v) is 5.16. The van der Waals surface area contributed by atoms with Gasteiger partial charge in [-0.3, -0.25) is 14.5 Å². The molecule has 0 aliphatic carbocycles. The van der Waals surface area contributed by atoms with Gasteiger partial charge in [-0.1, -0.05) is 11.6 Å². The number of piperidine rings is 1. The highest BCUT2D eigenvalue weighted by Crippen LogP contribution is 2.48. The first-order valence-corrected chi connectivity index (χ1v) is 11.8. The quantitative estimate of drug-likeness (QED) is 0.427. The summed E-state index contributed by atoms with van der Waals surface area (Å²) in [6, 6.07) is 5.46. The van der Waals surface area contributed by atoms with Crippen molar-refractivity contribution in [3.05, 3.63) is 50.8 Å². The molecule has 4 rings (SSSR count). The summed E-state index contributed by atoms with van der Waals surface area (Å²) in [6.07, 6.45) is 5.40. The maximum atomic E-state index is 12.9. The lowest BCUT2D eigenvalue weighted by Gasteiger charge is -2.53. The Bertz CT molecular complexity index is 1110. The molecule has 0 unspecified atom stereocenters. The number of nitrogens with zero attached hydrogens (tertiary/aromatic N) is 2. The number of hydrogen-bond acceptors (Lipinski definition) is 6. The molecular formula is C25H31ClN2O5. The Hall–Kier alpha value is -2.51. The van der Waals surface area contributed by atoms with E-state index in [1.807, 2.05) is 16.8 Å². The van der Waals surface area contributed by atoms with Crippen LogP contribution in [0.15, 0.2) is 29.2 Å². The lowest BCUT2D eigenvalue weighted by Crippen LogP contribution is -2.57. The van der Waals surface area contributed by atoms with E-state index in [-0.39, 0.29) is 29.2 Å². The van der Waals surface area contributed by atoms with Gasteiger partial charge in [0, 0.05) is 38.0 Å². The number of carbonyl (C=O) groups is 1. The lowest BCUT2D eigenvalue weighted by molar-refractivity contribution is 0.0523. The number of aromatic nitrogens is 1. The number of ether oxygens (including phenoxy) is 3. The molecule has 0 saturated carbocycles. The zero-order valence-electron chi connectivity index (χ0n) is 19.7. The third kappa shape index (κ3) is 4.36. The van der Waals surface area contributed by atoms with E-state index in [1.165, 1.54) is 6.07 Å². The van der Waals surface area contributed by atoms with Crippen LogP contribution in [0.4, 0.5) is 0 Å². The molecule has 1 saturated heterocycles. The Kier molecular flexibility index (Phi) is 6.73. The van der Waals surface area contributed by atoms with E-state index in [9.17, 15) is 9.59 Å². The Morgan fingerprint density at radius 3 is 2.76 bits per heavy atom. The standard InChI is InChI=1S/C25H31ClN2O5/c1-5-32-24(30)18-15-27-21(14-22(18)29)16-12-19(26)23(33-11-7-10-31-4)13-17(16)20-8-6-9-25(2,3)28(20)27/h12-15,20H,5-11H2,1-4H3/t20-/m1/s1. The van der Waals surface area contributed by atoms with Gasteiger partial charge in [-0.15, -0.1) is 0 Å². The van der Waals surface area contributed by atoms with Crippen LogP contribution >= 0.6 is 11.6 Å². The van der Waals surface area contributed by atoms with Gasteiger partial charge in [-0.25, -0.2) is 4.79 Å². The Balaban J connectivity index is 1.86. The summed E-state index contributed by atoms with van der Waals surface area (Å²) in [6.45, 7) is 7.44. The molecule has 7 nitrogen and oxygen atoms in total. The van der Waals surface area contributed by atoms with Gasteiger partial charge in [0.05, 0.1) is 35.5 Å². The largest absolute Gasteiger partial charge is 0.492 e. The molecule has 0 amide bonds. The predicted molar refractivity (Wildman–Crippen MR) is 128 cm³/mol. The average molecular weight is 475 g/mol. The van der Waals surface area contributed by atoms with Gasteiger partial charge in [-0.05, 0) is 57.7 Å². The zero-order chi connectivity index (χ0) is 23.8.